The molecule has 0 unspecified atom stereocenters. The quantitative estimate of drug-likeness (QED) is 0.682. The third kappa shape index (κ3) is 2.74. The molecule has 0 saturated carbocycles. The van der Waals surface area contributed by atoms with Crippen LogP contribution in [0.4, 0.5) is 0 Å². The van der Waals surface area contributed by atoms with Gasteiger partial charge in [-0.15, -0.1) is 0 Å². The van der Waals surface area contributed by atoms with Crippen molar-refractivity contribution in [2.45, 2.75) is 33.2 Å². The summed E-state index contributed by atoms with van der Waals surface area (Å²) in [5, 5.41) is 0. The molecule has 1 aliphatic rings. The first-order valence-corrected chi connectivity index (χ1v) is 5.42. The molecule has 0 spiro atoms. The van der Waals surface area contributed by atoms with Crippen molar-refractivity contribution < 1.29 is 0 Å². The van der Waals surface area contributed by atoms with Gasteiger partial charge >= 0.3 is 0 Å². The highest BCUT2D eigenvalue weighted by atomic mass is 15.2. The topological polar surface area (TPSA) is 6.48 Å². The highest BCUT2D eigenvalue weighted by molar-refractivity contribution is 4.97. The van der Waals surface area contributed by atoms with Crippen molar-refractivity contribution in [3.63, 3.8) is 0 Å². The van der Waals surface area contributed by atoms with Crippen LogP contribution in [0.1, 0.15) is 27.7 Å². The van der Waals surface area contributed by atoms with Gasteiger partial charge in [0.05, 0.1) is 0 Å². The predicted octanol–water partition coefficient (Wildman–Crippen LogP) is 2.18. The van der Waals surface area contributed by atoms with E-state index in [1.54, 1.807) is 0 Å². The van der Waals surface area contributed by atoms with Gasteiger partial charge in [0.25, 0.3) is 0 Å². The van der Waals surface area contributed by atoms with E-state index in [-0.39, 0.29) is 0 Å². The lowest BCUT2D eigenvalue weighted by molar-refractivity contribution is 0.0705. The third-order valence-corrected chi connectivity index (χ3v) is 3.17. The van der Waals surface area contributed by atoms with Crippen molar-refractivity contribution in [2.24, 2.45) is 5.92 Å². The van der Waals surface area contributed by atoms with Crippen LogP contribution < -0.4 is 0 Å². The van der Waals surface area contributed by atoms with Crippen LogP contribution in [-0.4, -0.2) is 42.0 Å². The molecule has 14 heavy (non-hydrogen) atoms. The largest absolute Gasteiger partial charge is 0.375 e. The summed E-state index contributed by atoms with van der Waals surface area (Å²) < 4.78 is 0. The van der Waals surface area contributed by atoms with Gasteiger partial charge in [-0.2, -0.15) is 0 Å². The molecular formula is C12H24N2. The lowest BCUT2D eigenvalue weighted by Gasteiger charge is -2.45. The predicted molar refractivity (Wildman–Crippen MR) is 62.3 cm³/mol. The number of hydrogen-bond donors (Lipinski definition) is 0. The minimum Gasteiger partial charge on any atom is -0.375 e. The number of likely N-dealkylation sites (tertiary alicyclic amines) is 1. The second-order valence-corrected chi connectivity index (χ2v) is 5.56. The molecule has 0 aromatic heterocycles. The summed E-state index contributed by atoms with van der Waals surface area (Å²) >= 11 is 0. The summed E-state index contributed by atoms with van der Waals surface area (Å²) in [5.41, 5.74) is 1.50. The molecule has 0 aromatic carbocycles. The van der Waals surface area contributed by atoms with E-state index in [4.69, 9.17) is 0 Å². The number of rotatable bonds is 3. The van der Waals surface area contributed by atoms with E-state index < -0.39 is 0 Å². The van der Waals surface area contributed by atoms with Gasteiger partial charge in [0, 0.05) is 36.8 Å². The first-order valence-electron chi connectivity index (χ1n) is 5.42. The Morgan fingerprint density at radius 3 is 2.29 bits per heavy atom. The molecular weight excluding hydrogens is 172 g/mol. The van der Waals surface area contributed by atoms with Gasteiger partial charge < -0.3 is 9.80 Å². The van der Waals surface area contributed by atoms with E-state index in [9.17, 15) is 0 Å². The molecule has 1 rings (SSSR count). The zero-order valence-corrected chi connectivity index (χ0v) is 10.3. The molecule has 0 radical (unpaired) electrons. The second kappa shape index (κ2) is 3.93. The lowest BCUT2D eigenvalue weighted by Crippen LogP contribution is -2.52. The van der Waals surface area contributed by atoms with Gasteiger partial charge in [-0.3, -0.25) is 0 Å². The maximum absolute atomic E-state index is 3.95. The summed E-state index contributed by atoms with van der Waals surface area (Å²) in [5.74, 6) is 0.830. The van der Waals surface area contributed by atoms with Gasteiger partial charge in [0.15, 0.2) is 0 Å². The third-order valence-electron chi connectivity index (χ3n) is 3.17. The van der Waals surface area contributed by atoms with Crippen molar-refractivity contribution in [1.29, 1.82) is 0 Å². The zero-order valence-electron chi connectivity index (χ0n) is 10.3. The van der Waals surface area contributed by atoms with Gasteiger partial charge in [0.2, 0.25) is 0 Å². The minimum atomic E-state index is 0.295. The van der Waals surface area contributed by atoms with Crippen LogP contribution in [0.3, 0.4) is 0 Å². The minimum absolute atomic E-state index is 0.295. The van der Waals surface area contributed by atoms with Crippen molar-refractivity contribution >= 4 is 0 Å². The fraction of sp³-hybridized carbons (Fsp3) is 0.833. The summed E-state index contributed by atoms with van der Waals surface area (Å²) in [7, 11) is 2.21. The monoisotopic (exact) mass is 196 g/mol. The normalized spacial score (nSPS) is 18.6. The molecule has 0 aromatic rings. The first-order chi connectivity index (χ1) is 6.30. The second-order valence-electron chi connectivity index (χ2n) is 5.56. The molecule has 1 aliphatic heterocycles. The van der Waals surface area contributed by atoms with E-state index in [1.807, 2.05) is 0 Å². The zero-order chi connectivity index (χ0) is 10.9. The van der Waals surface area contributed by atoms with E-state index in [0.29, 0.717) is 5.54 Å². The molecule has 1 fully saturated rings. The van der Waals surface area contributed by atoms with Crippen molar-refractivity contribution in [3.8, 4) is 0 Å². The number of nitrogens with zero attached hydrogens (tertiary/aromatic N) is 2. The molecule has 1 saturated heterocycles. The maximum atomic E-state index is 3.95. The molecule has 0 atom stereocenters. The van der Waals surface area contributed by atoms with E-state index >= 15 is 0 Å². The Kier molecular flexibility index (Phi) is 3.25. The average molecular weight is 196 g/mol. The van der Waals surface area contributed by atoms with Crippen LogP contribution in [0.5, 0.6) is 0 Å². The fourth-order valence-electron chi connectivity index (χ4n) is 1.66. The maximum Gasteiger partial charge on any atom is 0.0232 e. The molecule has 1 heterocycles. The number of allylic oxidation sites excluding steroid dienone is 1. The SMILES string of the molecule is C=C(C)N1CC(CN(C)C(C)(C)C)C1. The molecule has 2 nitrogen and oxygen atoms in total. The lowest BCUT2D eigenvalue weighted by atomic mass is 9.96. The van der Waals surface area contributed by atoms with E-state index in [0.717, 1.165) is 5.92 Å². The Morgan fingerprint density at radius 2 is 1.93 bits per heavy atom. The highest BCUT2D eigenvalue weighted by Gasteiger charge is 2.29. The smallest absolute Gasteiger partial charge is 0.0232 e. The van der Waals surface area contributed by atoms with Gasteiger partial charge in [0.1, 0.15) is 0 Å². The van der Waals surface area contributed by atoms with Crippen molar-refractivity contribution in [3.05, 3.63) is 12.3 Å². The average Bonchev–Trinajstić information content (AvgIpc) is 1.92. The van der Waals surface area contributed by atoms with Gasteiger partial charge in [-0.1, -0.05) is 6.58 Å². The van der Waals surface area contributed by atoms with Crippen LogP contribution in [0.25, 0.3) is 0 Å². The summed E-state index contributed by atoms with van der Waals surface area (Å²) in [6, 6.07) is 0. The Labute approximate surface area is 88.6 Å². The van der Waals surface area contributed by atoms with Gasteiger partial charge in [-0.25, -0.2) is 0 Å². The van der Waals surface area contributed by atoms with E-state index in [1.165, 1.54) is 25.3 Å². The van der Waals surface area contributed by atoms with Crippen molar-refractivity contribution in [1.82, 2.24) is 9.80 Å². The highest BCUT2D eigenvalue weighted by Crippen LogP contribution is 2.22. The fourth-order valence-corrected chi connectivity index (χ4v) is 1.66. The first kappa shape index (κ1) is 11.6. The molecule has 2 heteroatoms. The van der Waals surface area contributed by atoms with E-state index in [2.05, 4.69) is 51.1 Å². The van der Waals surface area contributed by atoms with Crippen LogP contribution in [0.2, 0.25) is 0 Å². The summed E-state index contributed by atoms with van der Waals surface area (Å²) in [6.07, 6.45) is 0. The standard InChI is InChI=1S/C12H24N2/c1-10(2)14-8-11(9-14)7-13(6)12(3,4)5/h11H,1,7-9H2,2-6H3. The molecule has 0 aliphatic carbocycles. The Hall–Kier alpha value is -0.500. The van der Waals surface area contributed by atoms with Crippen LogP contribution >= 0.6 is 0 Å². The molecule has 0 bridgehead atoms. The molecule has 82 valence electrons. The van der Waals surface area contributed by atoms with Gasteiger partial charge in [-0.05, 0) is 34.7 Å². The molecule has 0 N–H and O–H groups in total. The Morgan fingerprint density at radius 1 is 1.43 bits per heavy atom. The Bertz CT molecular complexity index is 209. The Balaban J connectivity index is 2.26. The number of hydrogen-bond acceptors (Lipinski definition) is 2. The van der Waals surface area contributed by atoms with Crippen LogP contribution in [0.15, 0.2) is 12.3 Å². The molecule has 0 amide bonds. The van der Waals surface area contributed by atoms with Crippen LogP contribution in [-0.2, 0) is 0 Å². The van der Waals surface area contributed by atoms with Crippen LogP contribution in [0, 0.1) is 5.92 Å². The summed E-state index contributed by atoms with van der Waals surface area (Å²) in [6.45, 7) is 16.4. The van der Waals surface area contributed by atoms with Crippen molar-refractivity contribution in [2.75, 3.05) is 26.7 Å². The summed E-state index contributed by atoms with van der Waals surface area (Å²) in [4.78, 5) is 4.79.